The molecule has 4 N–H and O–H groups in total. The highest BCUT2D eigenvalue weighted by atomic mass is 32.2. The zero-order valence-corrected chi connectivity index (χ0v) is 24.1. The number of carboxylic acids is 1. The topological polar surface area (TPSA) is 158 Å². The van der Waals surface area contributed by atoms with Crippen molar-refractivity contribution in [3.63, 3.8) is 0 Å². The minimum absolute atomic E-state index is 0.00777. The summed E-state index contributed by atoms with van der Waals surface area (Å²) < 4.78 is 27.4. The van der Waals surface area contributed by atoms with E-state index in [1.54, 1.807) is 48.7 Å². The number of hydrogen-bond acceptors (Lipinski definition) is 7. The number of sulfonamides is 1. The summed E-state index contributed by atoms with van der Waals surface area (Å²) >= 11 is 0. The van der Waals surface area contributed by atoms with Gasteiger partial charge < -0.3 is 21.1 Å². The van der Waals surface area contributed by atoms with Gasteiger partial charge >= 0.3 is 5.97 Å². The van der Waals surface area contributed by atoms with E-state index >= 15 is 0 Å². The lowest BCUT2D eigenvalue weighted by atomic mass is 10.0. The van der Waals surface area contributed by atoms with Crippen LogP contribution in [-0.2, 0) is 30.8 Å². The van der Waals surface area contributed by atoms with Gasteiger partial charge in [-0.3, -0.25) is 9.59 Å². The van der Waals surface area contributed by atoms with E-state index < -0.39 is 34.0 Å². The molecule has 12 heteroatoms. The molecule has 2 aromatic carbocycles. The molecule has 0 aliphatic carbocycles. The molecule has 1 aliphatic rings. The fourth-order valence-electron chi connectivity index (χ4n) is 4.71. The normalized spacial score (nSPS) is 16.0. The molecule has 2 heterocycles. The fraction of sp³-hybridized carbons (Fsp3) is 0.333. The third kappa shape index (κ3) is 8.14. The maximum Gasteiger partial charge on any atom is 0.326 e. The second kappa shape index (κ2) is 14.1. The number of amides is 2. The molecule has 1 saturated heterocycles. The van der Waals surface area contributed by atoms with Crippen LogP contribution in [0, 0.1) is 6.92 Å². The minimum Gasteiger partial charge on any atom is -0.480 e. The van der Waals surface area contributed by atoms with Crippen LogP contribution >= 0.6 is 0 Å². The first-order valence-electron chi connectivity index (χ1n) is 13.8. The van der Waals surface area contributed by atoms with Crippen molar-refractivity contribution in [2.24, 2.45) is 0 Å². The fourth-order valence-corrected chi connectivity index (χ4v) is 6.38. The molecule has 1 aromatic heterocycles. The Balaban J connectivity index is 1.28. The van der Waals surface area contributed by atoms with Gasteiger partial charge in [0.2, 0.25) is 21.8 Å². The van der Waals surface area contributed by atoms with Crippen LogP contribution in [0.5, 0.6) is 0 Å². The van der Waals surface area contributed by atoms with Gasteiger partial charge in [-0.1, -0.05) is 36.4 Å². The summed E-state index contributed by atoms with van der Waals surface area (Å²) in [6.45, 7) is 2.74. The number of pyridine rings is 1. The van der Waals surface area contributed by atoms with E-state index in [2.05, 4.69) is 20.9 Å². The monoisotopic (exact) mass is 593 g/mol. The van der Waals surface area contributed by atoms with Gasteiger partial charge in [-0.05, 0) is 67.6 Å². The van der Waals surface area contributed by atoms with Crippen LogP contribution in [0.4, 0.5) is 11.5 Å². The van der Waals surface area contributed by atoms with Crippen LogP contribution in [-0.4, -0.2) is 65.8 Å². The lowest BCUT2D eigenvalue weighted by Gasteiger charge is -2.25. The summed E-state index contributed by atoms with van der Waals surface area (Å²) in [6, 6.07) is 16.2. The van der Waals surface area contributed by atoms with Crippen molar-refractivity contribution in [3.05, 3.63) is 84.1 Å². The summed E-state index contributed by atoms with van der Waals surface area (Å²) in [6.07, 6.45) is 3.49. The van der Waals surface area contributed by atoms with Gasteiger partial charge in [-0.15, -0.1) is 0 Å². The Kier molecular flexibility index (Phi) is 10.3. The number of carbonyl (C=O) groups is 3. The zero-order chi connectivity index (χ0) is 30.1. The van der Waals surface area contributed by atoms with Gasteiger partial charge in [-0.25, -0.2) is 18.2 Å². The highest BCUT2D eigenvalue weighted by Crippen LogP contribution is 2.26. The summed E-state index contributed by atoms with van der Waals surface area (Å²) in [5.41, 5.74) is 2.28. The molecule has 0 radical (unpaired) electrons. The zero-order valence-electron chi connectivity index (χ0n) is 23.3. The van der Waals surface area contributed by atoms with E-state index in [4.69, 9.17) is 0 Å². The lowest BCUT2D eigenvalue weighted by Crippen LogP contribution is -2.51. The molecule has 1 fully saturated rings. The number of anilines is 2. The van der Waals surface area contributed by atoms with Crippen molar-refractivity contribution < 1.29 is 27.9 Å². The Hall–Kier alpha value is -4.29. The molecule has 0 bridgehead atoms. The van der Waals surface area contributed by atoms with E-state index in [0.29, 0.717) is 43.5 Å². The number of hydrogen-bond donors (Lipinski definition) is 4. The van der Waals surface area contributed by atoms with E-state index in [0.717, 1.165) is 15.7 Å². The molecule has 222 valence electrons. The Bertz CT molecular complexity index is 1480. The third-order valence-electron chi connectivity index (χ3n) is 6.95. The maximum absolute atomic E-state index is 13.1. The number of aryl methyl sites for hydroxylation is 1. The number of aliphatic carboxylic acids is 1. The van der Waals surface area contributed by atoms with E-state index in [-0.39, 0.29) is 23.8 Å². The molecule has 11 nitrogen and oxygen atoms in total. The Morgan fingerprint density at radius 3 is 2.45 bits per heavy atom. The standard InChI is InChI=1S/C30H35N5O6S/c1-21-11-16-27(32-20-21)31-17-5-10-28(36)33-23-14-12-22(13-15-23)19-25(30(38)39)34-29(37)26-9-6-18-35(26)42(40,41)24-7-3-2-4-8-24/h2-4,7-8,11-16,20,25-26H,5-6,9-10,17-19H2,1H3,(H,31,32)(H,33,36)(H,34,37)(H,38,39). The van der Waals surface area contributed by atoms with Crippen LogP contribution in [0.3, 0.4) is 0 Å². The highest BCUT2D eigenvalue weighted by Gasteiger charge is 2.40. The molecule has 3 aromatic rings. The smallest absolute Gasteiger partial charge is 0.326 e. The van der Waals surface area contributed by atoms with Gasteiger partial charge in [0, 0.05) is 37.8 Å². The maximum atomic E-state index is 13.1. The molecule has 0 spiro atoms. The number of nitrogens with zero attached hydrogens (tertiary/aromatic N) is 2. The van der Waals surface area contributed by atoms with Crippen LogP contribution < -0.4 is 16.0 Å². The van der Waals surface area contributed by atoms with Gasteiger partial charge in [0.1, 0.15) is 17.9 Å². The Labute approximate surface area is 245 Å². The first-order valence-corrected chi connectivity index (χ1v) is 15.2. The summed E-state index contributed by atoms with van der Waals surface area (Å²) in [7, 11) is -3.90. The third-order valence-corrected chi connectivity index (χ3v) is 8.87. The minimum atomic E-state index is -3.90. The second-order valence-corrected chi connectivity index (χ2v) is 12.1. The molecule has 2 unspecified atom stereocenters. The van der Waals surface area contributed by atoms with Crippen molar-refractivity contribution in [1.29, 1.82) is 0 Å². The largest absolute Gasteiger partial charge is 0.480 e. The molecular formula is C30H35N5O6S. The van der Waals surface area contributed by atoms with Crippen LogP contribution in [0.2, 0.25) is 0 Å². The first kappa shape index (κ1) is 30.7. The summed E-state index contributed by atoms with van der Waals surface area (Å²) in [5, 5.41) is 18.3. The number of aromatic nitrogens is 1. The lowest BCUT2D eigenvalue weighted by molar-refractivity contribution is -0.142. The highest BCUT2D eigenvalue weighted by molar-refractivity contribution is 7.89. The van der Waals surface area contributed by atoms with Gasteiger partial charge in [0.25, 0.3) is 0 Å². The first-order chi connectivity index (χ1) is 20.1. The average Bonchev–Trinajstić information content (AvgIpc) is 3.49. The van der Waals surface area contributed by atoms with Gasteiger partial charge in [0.15, 0.2) is 0 Å². The summed E-state index contributed by atoms with van der Waals surface area (Å²) in [5.74, 6) is -1.27. The molecule has 42 heavy (non-hydrogen) atoms. The van der Waals surface area contributed by atoms with Crippen molar-refractivity contribution in [1.82, 2.24) is 14.6 Å². The average molecular weight is 594 g/mol. The van der Waals surface area contributed by atoms with Gasteiger partial charge in [-0.2, -0.15) is 4.31 Å². The van der Waals surface area contributed by atoms with E-state index in [1.165, 1.54) is 12.1 Å². The molecule has 2 atom stereocenters. The number of carboxylic acid groups (broad SMARTS) is 1. The van der Waals surface area contributed by atoms with Crippen molar-refractivity contribution in [2.75, 3.05) is 23.7 Å². The quantitative estimate of drug-likeness (QED) is 0.220. The molecule has 2 amide bonds. The molecule has 4 rings (SSSR count). The van der Waals surface area contributed by atoms with Crippen LogP contribution in [0.25, 0.3) is 0 Å². The van der Waals surface area contributed by atoms with Crippen molar-refractivity contribution >= 4 is 39.3 Å². The molecular weight excluding hydrogens is 558 g/mol. The number of rotatable bonds is 13. The second-order valence-electron chi connectivity index (χ2n) is 10.2. The molecule has 1 aliphatic heterocycles. The summed E-state index contributed by atoms with van der Waals surface area (Å²) in [4.78, 5) is 41.7. The van der Waals surface area contributed by atoms with Crippen LogP contribution in [0.1, 0.15) is 36.8 Å². The Morgan fingerprint density at radius 2 is 1.79 bits per heavy atom. The van der Waals surface area contributed by atoms with Crippen LogP contribution in [0.15, 0.2) is 77.8 Å². The van der Waals surface area contributed by atoms with Crippen molar-refractivity contribution in [3.8, 4) is 0 Å². The Morgan fingerprint density at radius 1 is 1.05 bits per heavy atom. The van der Waals surface area contributed by atoms with E-state index in [9.17, 15) is 27.9 Å². The van der Waals surface area contributed by atoms with Crippen molar-refractivity contribution in [2.45, 2.75) is 56.0 Å². The predicted octanol–water partition coefficient (Wildman–Crippen LogP) is 3.19. The molecule has 0 saturated carbocycles. The van der Waals surface area contributed by atoms with E-state index in [1.807, 2.05) is 19.1 Å². The predicted molar refractivity (Wildman–Crippen MR) is 158 cm³/mol. The SMILES string of the molecule is Cc1ccc(NCCCC(=O)Nc2ccc(CC(NC(=O)C3CCCN3S(=O)(=O)c3ccccc3)C(=O)O)cc2)nc1. The number of benzene rings is 2. The number of carbonyl (C=O) groups excluding carboxylic acids is 2. The van der Waals surface area contributed by atoms with Gasteiger partial charge in [0.05, 0.1) is 4.90 Å². The number of nitrogens with one attached hydrogen (secondary N) is 3.